The van der Waals surface area contributed by atoms with Gasteiger partial charge in [0.1, 0.15) is 18.2 Å². The molecule has 7 nitrogen and oxygen atoms in total. The summed E-state index contributed by atoms with van der Waals surface area (Å²) in [6.07, 6.45) is 2.91. The van der Waals surface area contributed by atoms with Gasteiger partial charge in [-0.1, -0.05) is 31.8 Å². The lowest BCUT2D eigenvalue weighted by atomic mass is 9.99. The van der Waals surface area contributed by atoms with Crippen LogP contribution >= 0.6 is 0 Å². The lowest BCUT2D eigenvalue weighted by molar-refractivity contribution is -0.206. The fourth-order valence-corrected chi connectivity index (χ4v) is 2.66. The van der Waals surface area contributed by atoms with Crippen LogP contribution in [0.1, 0.15) is 39.5 Å². The van der Waals surface area contributed by atoms with Crippen LogP contribution in [-0.4, -0.2) is 50.5 Å². The smallest absolute Gasteiger partial charge is 0.169 e. The molecule has 2 unspecified atom stereocenters. The zero-order chi connectivity index (χ0) is 15.1. The second kappa shape index (κ2) is 8.56. The first kappa shape index (κ1) is 16.5. The molecule has 0 radical (unpaired) electrons. The third-order valence-electron chi connectivity index (χ3n) is 3.84. The summed E-state index contributed by atoms with van der Waals surface area (Å²) >= 11 is 0. The third-order valence-corrected chi connectivity index (χ3v) is 3.84. The van der Waals surface area contributed by atoms with Gasteiger partial charge in [0.25, 0.3) is 0 Å². The molecule has 0 amide bonds. The quantitative estimate of drug-likeness (QED) is 0.283. The van der Waals surface area contributed by atoms with E-state index in [1.807, 2.05) is 0 Å². The summed E-state index contributed by atoms with van der Waals surface area (Å²) in [5.74, 6) is 0. The minimum Gasteiger partial charge on any atom is -0.375 e. The standard InChI is InChI=1S/C14H25N3O4/c1-3-5-7-18-12-10-9-20-14(21-10)11(16-17-15)13(12)19-8-6-4-2/h10-14H,3-9H2,1-2H3/t10?,11-,12+,13?,14+/m0/s1. The summed E-state index contributed by atoms with van der Waals surface area (Å²) in [5, 5.41) is 3.83. The Morgan fingerprint density at radius 3 is 2.43 bits per heavy atom. The number of ether oxygens (including phenoxy) is 4. The Bertz CT molecular complexity index is 362. The van der Waals surface area contributed by atoms with Gasteiger partial charge in [0.15, 0.2) is 6.29 Å². The van der Waals surface area contributed by atoms with Gasteiger partial charge in [-0.2, -0.15) is 0 Å². The molecule has 2 saturated heterocycles. The maximum absolute atomic E-state index is 8.79. The van der Waals surface area contributed by atoms with Crippen LogP contribution in [0.3, 0.4) is 0 Å². The zero-order valence-electron chi connectivity index (χ0n) is 12.8. The molecule has 0 aromatic carbocycles. The number of rotatable bonds is 9. The van der Waals surface area contributed by atoms with Crippen molar-refractivity contribution in [2.45, 2.75) is 70.2 Å². The predicted molar refractivity (Wildman–Crippen MR) is 76.8 cm³/mol. The van der Waals surface area contributed by atoms with Crippen LogP contribution in [0.25, 0.3) is 10.4 Å². The second-order valence-electron chi connectivity index (χ2n) is 5.45. The fraction of sp³-hybridized carbons (Fsp3) is 1.00. The van der Waals surface area contributed by atoms with Crippen LogP contribution in [0.15, 0.2) is 5.11 Å². The van der Waals surface area contributed by atoms with E-state index in [4.69, 9.17) is 24.5 Å². The number of azide groups is 1. The number of nitrogens with zero attached hydrogens (tertiary/aromatic N) is 3. The lowest BCUT2D eigenvalue weighted by Gasteiger charge is -2.38. The molecule has 0 aliphatic carbocycles. The molecule has 0 spiro atoms. The van der Waals surface area contributed by atoms with Crippen molar-refractivity contribution in [3.63, 3.8) is 0 Å². The van der Waals surface area contributed by atoms with E-state index >= 15 is 0 Å². The van der Waals surface area contributed by atoms with Gasteiger partial charge in [0.2, 0.25) is 0 Å². The molecule has 0 saturated carbocycles. The molecule has 0 aromatic heterocycles. The largest absolute Gasteiger partial charge is 0.375 e. The molecular weight excluding hydrogens is 274 g/mol. The first-order valence-electron chi connectivity index (χ1n) is 7.86. The minimum absolute atomic E-state index is 0.136. The first-order chi connectivity index (χ1) is 10.3. The highest BCUT2D eigenvalue weighted by Gasteiger charge is 2.51. The van der Waals surface area contributed by atoms with Gasteiger partial charge in [-0.05, 0) is 18.4 Å². The van der Waals surface area contributed by atoms with Gasteiger partial charge in [0, 0.05) is 18.1 Å². The van der Waals surface area contributed by atoms with Crippen LogP contribution < -0.4 is 0 Å². The van der Waals surface area contributed by atoms with E-state index in [-0.39, 0.29) is 18.3 Å². The zero-order valence-corrected chi connectivity index (χ0v) is 12.8. The molecular formula is C14H25N3O4. The monoisotopic (exact) mass is 299 g/mol. The van der Waals surface area contributed by atoms with Crippen molar-refractivity contribution < 1.29 is 18.9 Å². The Hall–Kier alpha value is -0.850. The maximum Gasteiger partial charge on any atom is 0.169 e. The van der Waals surface area contributed by atoms with Gasteiger partial charge >= 0.3 is 0 Å². The average Bonchev–Trinajstić information content (AvgIpc) is 2.92. The summed E-state index contributed by atoms with van der Waals surface area (Å²) in [5.41, 5.74) is 8.79. The highest BCUT2D eigenvalue weighted by molar-refractivity contribution is 4.99. The molecule has 7 heteroatoms. The van der Waals surface area contributed by atoms with Crippen molar-refractivity contribution in [1.82, 2.24) is 0 Å². The number of hydrogen-bond acceptors (Lipinski definition) is 5. The summed E-state index contributed by atoms with van der Waals surface area (Å²) in [7, 11) is 0. The van der Waals surface area contributed by atoms with E-state index in [9.17, 15) is 0 Å². The maximum atomic E-state index is 8.79. The molecule has 2 aliphatic heterocycles. The summed E-state index contributed by atoms with van der Waals surface area (Å²) in [4.78, 5) is 2.91. The van der Waals surface area contributed by atoms with Crippen molar-refractivity contribution in [3.8, 4) is 0 Å². The van der Waals surface area contributed by atoms with Crippen molar-refractivity contribution >= 4 is 0 Å². The van der Waals surface area contributed by atoms with E-state index in [2.05, 4.69) is 23.9 Å². The Morgan fingerprint density at radius 1 is 1.14 bits per heavy atom. The van der Waals surface area contributed by atoms with Crippen LogP contribution in [0.5, 0.6) is 0 Å². The molecule has 2 bridgehead atoms. The van der Waals surface area contributed by atoms with Gasteiger partial charge in [-0.15, -0.1) is 0 Å². The van der Waals surface area contributed by atoms with Crippen LogP contribution in [0.4, 0.5) is 0 Å². The van der Waals surface area contributed by atoms with Crippen molar-refractivity contribution in [3.05, 3.63) is 10.4 Å². The molecule has 21 heavy (non-hydrogen) atoms. The number of unbranched alkanes of at least 4 members (excludes halogenated alkanes) is 2. The molecule has 2 fully saturated rings. The Labute approximate surface area is 125 Å². The second-order valence-corrected chi connectivity index (χ2v) is 5.45. The Morgan fingerprint density at radius 2 is 1.81 bits per heavy atom. The highest BCUT2D eigenvalue weighted by atomic mass is 16.7. The predicted octanol–water partition coefficient (Wildman–Crippen LogP) is 2.79. The van der Waals surface area contributed by atoms with E-state index in [0.29, 0.717) is 19.8 Å². The molecule has 5 atom stereocenters. The van der Waals surface area contributed by atoms with Crippen LogP contribution in [0.2, 0.25) is 0 Å². The molecule has 2 rings (SSSR count). The summed E-state index contributed by atoms with van der Waals surface area (Å²) in [6.45, 7) is 5.98. The summed E-state index contributed by atoms with van der Waals surface area (Å²) in [6, 6.07) is -0.489. The third kappa shape index (κ3) is 4.08. The SMILES string of the molecule is CCCCOC1[C@H](OCCCC)C2CO[C@H](O2)[C@H]1N=[N+]=[N-]. The topological polar surface area (TPSA) is 85.7 Å². The molecule has 120 valence electrons. The number of fused-ring (bicyclic) bond motifs is 2. The number of hydrogen-bond donors (Lipinski definition) is 0. The highest BCUT2D eigenvalue weighted by Crippen LogP contribution is 2.34. The average molecular weight is 299 g/mol. The van der Waals surface area contributed by atoms with Crippen LogP contribution in [0, 0.1) is 0 Å². The van der Waals surface area contributed by atoms with Gasteiger partial charge < -0.3 is 18.9 Å². The van der Waals surface area contributed by atoms with E-state index < -0.39 is 12.3 Å². The normalized spacial score (nSPS) is 34.7. The van der Waals surface area contributed by atoms with Gasteiger partial charge in [-0.25, -0.2) is 0 Å². The van der Waals surface area contributed by atoms with Crippen molar-refractivity contribution in [2.75, 3.05) is 19.8 Å². The molecule has 2 aliphatic rings. The van der Waals surface area contributed by atoms with Crippen molar-refractivity contribution in [1.29, 1.82) is 0 Å². The Balaban J connectivity index is 2.05. The van der Waals surface area contributed by atoms with E-state index in [1.54, 1.807) is 0 Å². The first-order valence-corrected chi connectivity index (χ1v) is 7.86. The van der Waals surface area contributed by atoms with Crippen LogP contribution in [-0.2, 0) is 18.9 Å². The molecule has 0 N–H and O–H groups in total. The lowest BCUT2D eigenvalue weighted by Crippen LogP contribution is -2.55. The van der Waals surface area contributed by atoms with Crippen molar-refractivity contribution in [2.24, 2.45) is 5.11 Å². The van der Waals surface area contributed by atoms with Gasteiger partial charge in [0.05, 0.1) is 12.7 Å². The van der Waals surface area contributed by atoms with E-state index in [1.165, 1.54) is 0 Å². The van der Waals surface area contributed by atoms with E-state index in [0.717, 1.165) is 25.7 Å². The Kier molecular flexibility index (Phi) is 6.73. The summed E-state index contributed by atoms with van der Waals surface area (Å²) < 4.78 is 23.2. The molecule has 2 heterocycles. The minimum atomic E-state index is -0.511. The fourth-order valence-electron chi connectivity index (χ4n) is 2.66. The molecule has 0 aromatic rings. The van der Waals surface area contributed by atoms with Gasteiger partial charge in [-0.3, -0.25) is 0 Å².